The van der Waals surface area contributed by atoms with Crippen molar-refractivity contribution in [2.24, 2.45) is 5.92 Å². The number of allylic oxidation sites excluding steroid dienone is 4. The number of nitriles is 1. The molecule has 1 atom stereocenters. The van der Waals surface area contributed by atoms with Crippen LogP contribution in [0.15, 0.2) is 59.8 Å². The first kappa shape index (κ1) is 17.0. The first-order chi connectivity index (χ1) is 13.2. The van der Waals surface area contributed by atoms with Crippen molar-refractivity contribution in [2.75, 3.05) is 6.79 Å². The van der Waals surface area contributed by atoms with Gasteiger partial charge in [-0.2, -0.15) is 5.26 Å². The van der Waals surface area contributed by atoms with Crippen LogP contribution in [0.5, 0.6) is 11.5 Å². The zero-order valence-corrected chi connectivity index (χ0v) is 14.9. The highest BCUT2D eigenvalue weighted by Crippen LogP contribution is 2.35. The molecule has 1 aliphatic carbocycles. The molecule has 4 rings (SSSR count). The summed E-state index contributed by atoms with van der Waals surface area (Å²) in [7, 11) is 0. The van der Waals surface area contributed by atoms with Gasteiger partial charge in [0.05, 0.1) is 11.8 Å². The molecule has 1 unspecified atom stereocenters. The van der Waals surface area contributed by atoms with E-state index in [0.29, 0.717) is 23.3 Å². The number of hydrogen-bond donors (Lipinski definition) is 0. The Labute approximate surface area is 157 Å². The smallest absolute Gasteiger partial charge is 0.231 e. The summed E-state index contributed by atoms with van der Waals surface area (Å²) in [5.74, 6) is 0.582. The van der Waals surface area contributed by atoms with Crippen molar-refractivity contribution in [1.82, 2.24) is 4.98 Å². The van der Waals surface area contributed by atoms with Crippen LogP contribution in [-0.4, -0.2) is 17.6 Å². The third-order valence-corrected chi connectivity index (χ3v) is 4.96. The molecular formula is C22H18N2O3. The van der Waals surface area contributed by atoms with Crippen LogP contribution in [0.1, 0.15) is 24.6 Å². The molecule has 1 aromatic heterocycles. The lowest BCUT2D eigenvalue weighted by atomic mass is 9.80. The van der Waals surface area contributed by atoms with Gasteiger partial charge in [-0.05, 0) is 60.7 Å². The van der Waals surface area contributed by atoms with E-state index in [1.807, 2.05) is 42.5 Å². The van der Waals surface area contributed by atoms with Crippen molar-refractivity contribution >= 4 is 11.4 Å². The first-order valence-electron chi connectivity index (χ1n) is 8.82. The number of Topliss-reactive ketones (excluding diaryl/α,β-unsaturated/α-hetero) is 1. The molecule has 1 aromatic carbocycles. The highest BCUT2D eigenvalue weighted by molar-refractivity contribution is 6.09. The van der Waals surface area contributed by atoms with E-state index in [1.54, 1.807) is 13.1 Å². The average molecular weight is 358 g/mol. The summed E-state index contributed by atoms with van der Waals surface area (Å²) in [6.07, 6.45) is 5.10. The topological polar surface area (TPSA) is 72.2 Å². The Balaban J connectivity index is 1.61. The van der Waals surface area contributed by atoms with Crippen LogP contribution in [0, 0.1) is 17.2 Å². The molecular weight excluding hydrogens is 340 g/mol. The summed E-state index contributed by atoms with van der Waals surface area (Å²) in [5.41, 5.74) is 4.06. The van der Waals surface area contributed by atoms with Gasteiger partial charge < -0.3 is 9.47 Å². The summed E-state index contributed by atoms with van der Waals surface area (Å²) in [6.45, 7) is 2.05. The summed E-state index contributed by atoms with van der Waals surface area (Å²) < 4.78 is 10.8. The number of aryl methyl sites for hydroxylation is 1. The van der Waals surface area contributed by atoms with Gasteiger partial charge in [0, 0.05) is 11.8 Å². The van der Waals surface area contributed by atoms with Gasteiger partial charge in [0.2, 0.25) is 6.79 Å². The lowest BCUT2D eigenvalue weighted by Gasteiger charge is -2.21. The van der Waals surface area contributed by atoms with Gasteiger partial charge in [-0.1, -0.05) is 18.2 Å². The molecule has 0 fully saturated rings. The van der Waals surface area contributed by atoms with Gasteiger partial charge in [0.1, 0.15) is 5.92 Å². The number of fused-ring (bicyclic) bond motifs is 1. The molecule has 0 saturated heterocycles. The monoisotopic (exact) mass is 358 g/mol. The summed E-state index contributed by atoms with van der Waals surface area (Å²) >= 11 is 0. The Morgan fingerprint density at radius 2 is 2.04 bits per heavy atom. The van der Waals surface area contributed by atoms with E-state index < -0.39 is 5.92 Å². The normalized spacial score (nSPS) is 18.3. The quantitative estimate of drug-likeness (QED) is 0.830. The highest BCUT2D eigenvalue weighted by Gasteiger charge is 2.30. The fraction of sp³-hybridized carbons (Fsp3) is 0.227. The van der Waals surface area contributed by atoms with E-state index in [9.17, 15) is 10.1 Å². The Bertz CT molecular complexity index is 1000. The summed E-state index contributed by atoms with van der Waals surface area (Å²) in [5, 5.41) is 9.51. The van der Waals surface area contributed by atoms with Crippen LogP contribution in [0.4, 0.5) is 0 Å². The predicted molar refractivity (Wildman–Crippen MR) is 99.9 cm³/mol. The van der Waals surface area contributed by atoms with E-state index in [-0.39, 0.29) is 12.6 Å². The number of nitrogens with zero attached hydrogens (tertiary/aromatic N) is 2. The number of ketones is 1. The lowest BCUT2D eigenvalue weighted by molar-refractivity contribution is -0.116. The zero-order valence-electron chi connectivity index (χ0n) is 14.9. The fourth-order valence-corrected chi connectivity index (χ4v) is 3.41. The average Bonchev–Trinajstić information content (AvgIpc) is 3.17. The van der Waals surface area contributed by atoms with Crippen LogP contribution >= 0.6 is 0 Å². The summed E-state index contributed by atoms with van der Waals surface area (Å²) in [4.78, 5) is 17.1. The third kappa shape index (κ3) is 3.22. The SMILES string of the molecule is CC1=C(CCc2ccc3c(c2)OCO3)C=C(c2ccccn2)C(C#N)C1=O. The molecule has 2 aliphatic rings. The first-order valence-corrected chi connectivity index (χ1v) is 8.82. The molecule has 0 bridgehead atoms. The number of carbonyl (C=O) groups excluding carboxylic acids is 1. The maximum absolute atomic E-state index is 12.7. The minimum atomic E-state index is -0.797. The molecule has 2 aromatic rings. The molecule has 27 heavy (non-hydrogen) atoms. The molecule has 1 aliphatic heterocycles. The second-order valence-electron chi connectivity index (χ2n) is 6.58. The van der Waals surface area contributed by atoms with Crippen molar-refractivity contribution in [3.05, 3.63) is 71.1 Å². The van der Waals surface area contributed by atoms with E-state index in [2.05, 4.69) is 11.1 Å². The summed E-state index contributed by atoms with van der Waals surface area (Å²) in [6, 6.07) is 13.5. The van der Waals surface area contributed by atoms with Crippen LogP contribution in [0.25, 0.3) is 5.57 Å². The maximum Gasteiger partial charge on any atom is 0.231 e. The van der Waals surface area contributed by atoms with E-state index in [0.717, 1.165) is 29.1 Å². The molecule has 2 heterocycles. The van der Waals surface area contributed by atoms with Crippen LogP contribution in [0.3, 0.4) is 0 Å². The molecule has 5 heteroatoms. The van der Waals surface area contributed by atoms with Crippen molar-refractivity contribution in [3.63, 3.8) is 0 Å². The number of aromatic nitrogens is 1. The molecule has 0 N–H and O–H groups in total. The Hall–Kier alpha value is -3.39. The fourth-order valence-electron chi connectivity index (χ4n) is 3.41. The number of benzene rings is 1. The van der Waals surface area contributed by atoms with Crippen LogP contribution in [0.2, 0.25) is 0 Å². The number of rotatable bonds is 4. The maximum atomic E-state index is 12.7. The van der Waals surface area contributed by atoms with Gasteiger partial charge in [-0.15, -0.1) is 0 Å². The standard InChI is InChI=1S/C22H18N2O3/c1-14-16(7-5-15-6-8-20-21(10-15)27-13-26-20)11-17(18(12-23)22(14)25)19-4-2-3-9-24-19/h2-4,6,8-11,18H,5,7,13H2,1H3. The van der Waals surface area contributed by atoms with Crippen LogP contribution < -0.4 is 9.47 Å². The minimum Gasteiger partial charge on any atom is -0.454 e. The highest BCUT2D eigenvalue weighted by atomic mass is 16.7. The molecule has 0 spiro atoms. The van der Waals surface area contributed by atoms with Gasteiger partial charge >= 0.3 is 0 Å². The number of ether oxygens (including phenoxy) is 2. The Morgan fingerprint density at radius 3 is 2.81 bits per heavy atom. The van der Waals surface area contributed by atoms with E-state index in [4.69, 9.17) is 9.47 Å². The molecule has 134 valence electrons. The largest absolute Gasteiger partial charge is 0.454 e. The van der Waals surface area contributed by atoms with Gasteiger partial charge in [-0.25, -0.2) is 0 Å². The van der Waals surface area contributed by atoms with Crippen LogP contribution in [-0.2, 0) is 11.2 Å². The lowest BCUT2D eigenvalue weighted by Crippen LogP contribution is -2.21. The number of carbonyl (C=O) groups is 1. The second kappa shape index (κ2) is 7.08. The number of pyridine rings is 1. The predicted octanol–water partition coefficient (Wildman–Crippen LogP) is 3.87. The van der Waals surface area contributed by atoms with Crippen molar-refractivity contribution in [1.29, 1.82) is 5.26 Å². The van der Waals surface area contributed by atoms with E-state index in [1.165, 1.54) is 0 Å². The van der Waals surface area contributed by atoms with Gasteiger partial charge in [0.25, 0.3) is 0 Å². The Morgan fingerprint density at radius 1 is 1.19 bits per heavy atom. The van der Waals surface area contributed by atoms with Gasteiger partial charge in [-0.3, -0.25) is 9.78 Å². The third-order valence-electron chi connectivity index (χ3n) is 4.96. The molecule has 0 amide bonds. The van der Waals surface area contributed by atoms with Gasteiger partial charge in [0.15, 0.2) is 17.3 Å². The molecule has 5 nitrogen and oxygen atoms in total. The second-order valence-corrected chi connectivity index (χ2v) is 6.58. The Kier molecular flexibility index (Phi) is 4.47. The van der Waals surface area contributed by atoms with Crippen molar-refractivity contribution < 1.29 is 14.3 Å². The van der Waals surface area contributed by atoms with E-state index >= 15 is 0 Å². The van der Waals surface area contributed by atoms with Crippen molar-refractivity contribution in [2.45, 2.75) is 19.8 Å². The minimum absolute atomic E-state index is 0.138. The zero-order chi connectivity index (χ0) is 18.8. The number of hydrogen-bond acceptors (Lipinski definition) is 5. The molecule has 0 saturated carbocycles. The molecule has 0 radical (unpaired) electrons. The van der Waals surface area contributed by atoms with Crippen molar-refractivity contribution in [3.8, 4) is 17.6 Å².